The van der Waals surface area contributed by atoms with Gasteiger partial charge in [0.15, 0.2) is 0 Å². The van der Waals surface area contributed by atoms with Crippen LogP contribution in [0.25, 0.3) is 33.4 Å². The Bertz CT molecular complexity index is 1270. The van der Waals surface area contributed by atoms with Crippen molar-refractivity contribution in [2.75, 3.05) is 0 Å². The third-order valence-corrected chi connectivity index (χ3v) is 7.66. The molecular formula is C32H28. The van der Waals surface area contributed by atoms with Crippen molar-refractivity contribution in [1.82, 2.24) is 0 Å². The van der Waals surface area contributed by atoms with Crippen LogP contribution in [0.3, 0.4) is 0 Å². The van der Waals surface area contributed by atoms with E-state index >= 15 is 0 Å². The molecule has 6 rings (SSSR count). The standard InChI is InChI=1S/C32H28/c1-19-15-17-25-18-16-20(2)27-31-22(4)29(24-13-9-6-10-14-24)28(23-11-7-5-8-12-23)21(3)30(31)26(19)32(25)27/h5-18,25,32H,1-4H3. The van der Waals surface area contributed by atoms with Crippen LogP contribution in [-0.2, 0) is 0 Å². The van der Waals surface area contributed by atoms with Gasteiger partial charge < -0.3 is 0 Å². The minimum absolute atomic E-state index is 0.451. The zero-order chi connectivity index (χ0) is 22.0. The molecule has 3 aliphatic rings. The molecule has 156 valence electrons. The van der Waals surface area contributed by atoms with Gasteiger partial charge in [0.05, 0.1) is 0 Å². The second-order valence-electron chi connectivity index (χ2n) is 9.45. The average Bonchev–Trinajstić information content (AvgIpc) is 3.20. The van der Waals surface area contributed by atoms with Crippen molar-refractivity contribution in [1.29, 1.82) is 0 Å². The Hall–Kier alpha value is -3.38. The first-order valence-corrected chi connectivity index (χ1v) is 11.6. The Kier molecular flexibility index (Phi) is 4.27. The summed E-state index contributed by atoms with van der Waals surface area (Å²) in [5.74, 6) is 0.908. The molecule has 32 heavy (non-hydrogen) atoms. The molecule has 0 nitrogen and oxygen atoms in total. The average molecular weight is 413 g/mol. The number of fused-ring (bicyclic) bond motifs is 3. The summed E-state index contributed by atoms with van der Waals surface area (Å²) >= 11 is 0. The van der Waals surface area contributed by atoms with E-state index in [4.69, 9.17) is 0 Å². The molecule has 0 aliphatic heterocycles. The molecule has 0 radical (unpaired) electrons. The maximum atomic E-state index is 2.40. The highest BCUT2D eigenvalue weighted by Crippen LogP contribution is 2.59. The van der Waals surface area contributed by atoms with Gasteiger partial charge in [-0.05, 0) is 94.5 Å². The van der Waals surface area contributed by atoms with Gasteiger partial charge >= 0.3 is 0 Å². The van der Waals surface area contributed by atoms with Crippen LogP contribution in [0.15, 0.2) is 96.1 Å². The fourth-order valence-corrected chi connectivity index (χ4v) is 6.31. The van der Waals surface area contributed by atoms with E-state index in [2.05, 4.69) is 113 Å². The van der Waals surface area contributed by atoms with Crippen molar-refractivity contribution in [3.8, 4) is 22.3 Å². The number of allylic oxidation sites excluding steroid dienone is 8. The van der Waals surface area contributed by atoms with Crippen molar-refractivity contribution in [3.05, 3.63) is 118 Å². The molecule has 0 aromatic heterocycles. The monoisotopic (exact) mass is 412 g/mol. The molecule has 0 unspecified atom stereocenters. The van der Waals surface area contributed by atoms with Crippen molar-refractivity contribution >= 4 is 11.1 Å². The fourth-order valence-electron chi connectivity index (χ4n) is 6.31. The van der Waals surface area contributed by atoms with E-state index in [-0.39, 0.29) is 0 Å². The molecule has 0 bridgehead atoms. The Labute approximate surface area is 191 Å². The Morgan fingerprint density at radius 2 is 0.906 bits per heavy atom. The van der Waals surface area contributed by atoms with Gasteiger partial charge in [-0.3, -0.25) is 0 Å². The Morgan fingerprint density at radius 1 is 0.500 bits per heavy atom. The number of hydrogen-bond acceptors (Lipinski definition) is 0. The van der Waals surface area contributed by atoms with Gasteiger partial charge in [0.1, 0.15) is 0 Å². The van der Waals surface area contributed by atoms with Gasteiger partial charge in [0, 0.05) is 11.8 Å². The fraction of sp³-hybridized carbons (Fsp3) is 0.188. The summed E-state index contributed by atoms with van der Waals surface area (Å²) < 4.78 is 0. The largest absolute Gasteiger partial charge is 0.0764 e. The molecule has 3 aliphatic carbocycles. The maximum Gasteiger partial charge on any atom is 0.0205 e. The molecule has 0 fully saturated rings. The van der Waals surface area contributed by atoms with Crippen LogP contribution in [0.1, 0.15) is 36.1 Å². The lowest BCUT2D eigenvalue weighted by atomic mass is 9.74. The zero-order valence-electron chi connectivity index (χ0n) is 19.2. The van der Waals surface area contributed by atoms with Gasteiger partial charge in [-0.2, -0.15) is 0 Å². The highest BCUT2D eigenvalue weighted by Gasteiger charge is 2.43. The van der Waals surface area contributed by atoms with E-state index in [1.165, 1.54) is 55.7 Å². The summed E-state index contributed by atoms with van der Waals surface area (Å²) in [5, 5.41) is 0. The van der Waals surface area contributed by atoms with E-state index in [9.17, 15) is 0 Å². The molecule has 0 spiro atoms. The molecule has 0 N–H and O–H groups in total. The quantitative estimate of drug-likeness (QED) is 0.395. The number of benzene rings is 3. The minimum Gasteiger partial charge on any atom is -0.0764 e. The summed E-state index contributed by atoms with van der Waals surface area (Å²) in [5.41, 5.74) is 17.1. The lowest BCUT2D eigenvalue weighted by Gasteiger charge is -2.29. The normalized spacial score (nSPS) is 20.6. The van der Waals surface area contributed by atoms with Crippen molar-refractivity contribution in [3.63, 3.8) is 0 Å². The van der Waals surface area contributed by atoms with Crippen molar-refractivity contribution in [2.45, 2.75) is 27.7 Å². The zero-order valence-corrected chi connectivity index (χ0v) is 19.2. The predicted molar refractivity (Wildman–Crippen MR) is 137 cm³/mol. The number of hydrogen-bond donors (Lipinski definition) is 0. The molecule has 0 atom stereocenters. The van der Waals surface area contributed by atoms with Gasteiger partial charge in [0.2, 0.25) is 0 Å². The Balaban J connectivity index is 1.80. The topological polar surface area (TPSA) is 0 Å². The molecular weight excluding hydrogens is 384 g/mol. The summed E-state index contributed by atoms with van der Waals surface area (Å²) in [6.07, 6.45) is 9.49. The molecule has 0 saturated carbocycles. The lowest BCUT2D eigenvalue weighted by Crippen LogP contribution is -2.17. The van der Waals surface area contributed by atoms with E-state index in [0.717, 1.165) is 0 Å². The minimum atomic E-state index is 0.451. The molecule has 0 saturated heterocycles. The van der Waals surface area contributed by atoms with E-state index in [1.807, 2.05) is 0 Å². The molecule has 3 aromatic rings. The summed E-state index contributed by atoms with van der Waals surface area (Å²) in [7, 11) is 0. The maximum absolute atomic E-state index is 2.40. The van der Waals surface area contributed by atoms with E-state index < -0.39 is 0 Å². The Morgan fingerprint density at radius 3 is 1.31 bits per heavy atom. The van der Waals surface area contributed by atoms with E-state index in [1.54, 1.807) is 11.1 Å². The first-order valence-electron chi connectivity index (χ1n) is 11.6. The van der Waals surface area contributed by atoms with Gasteiger partial charge in [-0.25, -0.2) is 0 Å². The first kappa shape index (κ1) is 19.3. The lowest BCUT2D eigenvalue weighted by molar-refractivity contribution is 0.697. The van der Waals surface area contributed by atoms with Crippen LogP contribution in [0.5, 0.6) is 0 Å². The highest BCUT2D eigenvalue weighted by atomic mass is 14.5. The van der Waals surface area contributed by atoms with Crippen LogP contribution in [0, 0.1) is 25.7 Å². The van der Waals surface area contributed by atoms with Gasteiger partial charge in [0.25, 0.3) is 0 Å². The third kappa shape index (κ3) is 2.56. The van der Waals surface area contributed by atoms with Crippen molar-refractivity contribution < 1.29 is 0 Å². The second kappa shape index (κ2) is 7.07. The second-order valence-corrected chi connectivity index (χ2v) is 9.45. The first-order chi connectivity index (χ1) is 15.6. The van der Waals surface area contributed by atoms with Gasteiger partial charge in [-0.1, -0.05) is 85.0 Å². The van der Waals surface area contributed by atoms with Crippen molar-refractivity contribution in [2.24, 2.45) is 11.8 Å². The number of rotatable bonds is 2. The molecule has 0 amide bonds. The van der Waals surface area contributed by atoms with Crippen LogP contribution in [0.4, 0.5) is 0 Å². The summed E-state index contributed by atoms with van der Waals surface area (Å²) in [6.45, 7) is 9.29. The molecule has 3 aromatic carbocycles. The molecule has 0 heterocycles. The van der Waals surface area contributed by atoms with Crippen LogP contribution >= 0.6 is 0 Å². The van der Waals surface area contributed by atoms with Crippen LogP contribution in [0.2, 0.25) is 0 Å². The summed E-state index contributed by atoms with van der Waals surface area (Å²) in [4.78, 5) is 0. The third-order valence-electron chi connectivity index (χ3n) is 7.66. The van der Waals surface area contributed by atoms with Crippen LogP contribution in [-0.4, -0.2) is 0 Å². The SMILES string of the molecule is CC1=C2c3c(C)c(-c4ccccc4)c(-c4ccccc4)c(C)c3C3=C(C)C=CC(C=C1)C23. The van der Waals surface area contributed by atoms with Crippen LogP contribution < -0.4 is 0 Å². The summed E-state index contributed by atoms with van der Waals surface area (Å²) in [6, 6.07) is 21.9. The van der Waals surface area contributed by atoms with E-state index in [0.29, 0.717) is 11.8 Å². The highest BCUT2D eigenvalue weighted by molar-refractivity contribution is 6.06. The smallest absolute Gasteiger partial charge is 0.0205 e. The predicted octanol–water partition coefficient (Wildman–Crippen LogP) is 8.57. The molecule has 0 heteroatoms. The van der Waals surface area contributed by atoms with Gasteiger partial charge in [-0.15, -0.1) is 0 Å².